The summed E-state index contributed by atoms with van der Waals surface area (Å²) in [6.45, 7) is -0.479. The lowest BCUT2D eigenvalue weighted by Gasteiger charge is -2.14. The molecule has 10 nitrogen and oxygen atoms in total. The molecule has 1 fully saturated rings. The maximum absolute atomic E-state index is 12.4. The third-order valence-electron chi connectivity index (χ3n) is 4.60. The van der Waals surface area contributed by atoms with Crippen molar-refractivity contribution in [1.29, 1.82) is 0 Å². The third kappa shape index (κ3) is 5.42. The molecule has 1 aliphatic heterocycles. The number of methoxy groups -OCH3 is 2. The van der Waals surface area contributed by atoms with Gasteiger partial charge in [0, 0.05) is 0 Å². The van der Waals surface area contributed by atoms with Crippen LogP contribution in [0.3, 0.4) is 0 Å². The van der Waals surface area contributed by atoms with E-state index < -0.39 is 30.4 Å². The maximum atomic E-state index is 12.4. The van der Waals surface area contributed by atoms with Gasteiger partial charge in [0.25, 0.3) is 5.91 Å². The number of urea groups is 1. The number of carboxylic acids is 1. The molecule has 2 N–H and O–H groups in total. The molecule has 2 aromatic rings. The minimum absolute atomic E-state index is 0.0364. The number of nitrogens with one attached hydrogen (secondary N) is 1. The molecule has 0 bridgehead atoms. The lowest BCUT2D eigenvalue weighted by atomic mass is 10.1. The largest absolute Gasteiger partial charge is 0.493 e. The minimum atomic E-state index is -1.05. The molecule has 0 spiro atoms. The first-order valence-corrected chi connectivity index (χ1v) is 9.85. The van der Waals surface area contributed by atoms with Crippen molar-refractivity contribution in [3.63, 3.8) is 0 Å². The van der Waals surface area contributed by atoms with Crippen molar-refractivity contribution in [3.8, 4) is 11.5 Å². The SMILES string of the molecule is COC(=O)CN1C(=O)N/C(=C/c2cc(Cl)c(OCc3cccc(C(=O)O)c3)c(OC)c2)C1=O. The molecule has 0 aromatic heterocycles. The third-order valence-corrected chi connectivity index (χ3v) is 4.88. The van der Waals surface area contributed by atoms with Gasteiger partial charge in [-0.3, -0.25) is 9.59 Å². The highest BCUT2D eigenvalue weighted by molar-refractivity contribution is 6.32. The number of nitrogens with zero attached hydrogens (tertiary/aromatic N) is 1. The summed E-state index contributed by atoms with van der Waals surface area (Å²) in [5.74, 6) is -2.01. The van der Waals surface area contributed by atoms with E-state index in [4.69, 9.17) is 26.2 Å². The number of amides is 3. The van der Waals surface area contributed by atoms with Crippen LogP contribution in [0.1, 0.15) is 21.5 Å². The Bertz CT molecular complexity index is 1160. The van der Waals surface area contributed by atoms with E-state index in [1.807, 2.05) is 0 Å². The van der Waals surface area contributed by atoms with Crippen molar-refractivity contribution in [2.75, 3.05) is 20.8 Å². The summed E-state index contributed by atoms with van der Waals surface area (Å²) >= 11 is 6.36. The fourth-order valence-electron chi connectivity index (χ4n) is 2.99. The van der Waals surface area contributed by atoms with Gasteiger partial charge in [-0.1, -0.05) is 23.7 Å². The van der Waals surface area contributed by atoms with Gasteiger partial charge < -0.3 is 24.6 Å². The Morgan fingerprint density at radius 1 is 1.18 bits per heavy atom. The monoisotopic (exact) mass is 474 g/mol. The van der Waals surface area contributed by atoms with Crippen LogP contribution < -0.4 is 14.8 Å². The van der Waals surface area contributed by atoms with Crippen molar-refractivity contribution < 1.29 is 38.5 Å². The van der Waals surface area contributed by atoms with Gasteiger partial charge in [-0.25, -0.2) is 14.5 Å². The van der Waals surface area contributed by atoms with Crippen molar-refractivity contribution in [3.05, 3.63) is 63.8 Å². The molecule has 1 saturated heterocycles. The fourth-order valence-corrected chi connectivity index (χ4v) is 3.26. The molecule has 0 unspecified atom stereocenters. The number of rotatable bonds is 8. The number of esters is 1. The van der Waals surface area contributed by atoms with E-state index in [2.05, 4.69) is 10.1 Å². The molecule has 3 rings (SSSR count). The molecular formula is C22H19ClN2O8. The Hall–Kier alpha value is -4.05. The predicted octanol–water partition coefficient (Wildman–Crippen LogP) is 2.69. The van der Waals surface area contributed by atoms with Crippen molar-refractivity contribution in [2.45, 2.75) is 6.61 Å². The Labute approximate surface area is 193 Å². The summed E-state index contributed by atoms with van der Waals surface area (Å²) in [6.07, 6.45) is 1.38. The number of carboxylic acid groups (broad SMARTS) is 1. The van der Waals surface area contributed by atoms with Gasteiger partial charge in [-0.2, -0.15) is 0 Å². The minimum Gasteiger partial charge on any atom is -0.493 e. The van der Waals surface area contributed by atoms with Crippen LogP contribution in [-0.2, 0) is 20.9 Å². The first-order valence-electron chi connectivity index (χ1n) is 9.47. The van der Waals surface area contributed by atoms with Crippen LogP contribution in [0, 0.1) is 0 Å². The normalized spacial score (nSPS) is 14.3. The average molecular weight is 475 g/mol. The van der Waals surface area contributed by atoms with E-state index in [-0.39, 0.29) is 34.4 Å². The van der Waals surface area contributed by atoms with Crippen LogP contribution >= 0.6 is 11.6 Å². The van der Waals surface area contributed by atoms with Gasteiger partial charge in [0.2, 0.25) is 0 Å². The lowest BCUT2D eigenvalue weighted by molar-refractivity contribution is -0.143. The van der Waals surface area contributed by atoms with Crippen LogP contribution in [0.2, 0.25) is 5.02 Å². The van der Waals surface area contributed by atoms with Gasteiger partial charge in [0.05, 0.1) is 24.8 Å². The molecule has 0 aliphatic carbocycles. The molecule has 0 radical (unpaired) electrons. The van der Waals surface area contributed by atoms with Crippen LogP contribution in [0.5, 0.6) is 11.5 Å². The van der Waals surface area contributed by atoms with Crippen LogP contribution in [-0.4, -0.2) is 54.6 Å². The highest BCUT2D eigenvalue weighted by Crippen LogP contribution is 2.37. The fraction of sp³-hybridized carbons (Fsp3) is 0.182. The summed E-state index contributed by atoms with van der Waals surface area (Å²) in [5.41, 5.74) is 1.12. The predicted molar refractivity (Wildman–Crippen MR) is 116 cm³/mol. The number of ether oxygens (including phenoxy) is 3. The number of imide groups is 1. The molecule has 1 aliphatic rings. The highest BCUT2D eigenvalue weighted by atomic mass is 35.5. The van der Waals surface area contributed by atoms with Crippen LogP contribution in [0.25, 0.3) is 6.08 Å². The van der Waals surface area contributed by atoms with E-state index >= 15 is 0 Å². The average Bonchev–Trinajstić information content (AvgIpc) is 3.05. The Morgan fingerprint density at radius 2 is 1.94 bits per heavy atom. The van der Waals surface area contributed by atoms with Crippen LogP contribution in [0.4, 0.5) is 4.79 Å². The highest BCUT2D eigenvalue weighted by Gasteiger charge is 2.35. The number of hydrogen-bond acceptors (Lipinski definition) is 7. The molecule has 1 heterocycles. The maximum Gasteiger partial charge on any atom is 0.335 e. The molecule has 0 saturated carbocycles. The molecule has 2 aromatic carbocycles. The lowest BCUT2D eigenvalue weighted by Crippen LogP contribution is -2.36. The summed E-state index contributed by atoms with van der Waals surface area (Å²) < 4.78 is 15.6. The first-order chi connectivity index (χ1) is 15.7. The van der Waals surface area contributed by atoms with Gasteiger partial charge >= 0.3 is 18.0 Å². The summed E-state index contributed by atoms with van der Waals surface area (Å²) in [5, 5.41) is 11.7. The summed E-state index contributed by atoms with van der Waals surface area (Å²) in [6, 6.07) is 8.56. The molecule has 11 heteroatoms. The van der Waals surface area contributed by atoms with Crippen molar-refractivity contribution in [2.24, 2.45) is 0 Å². The number of halogens is 1. The quantitative estimate of drug-likeness (QED) is 0.339. The Kier molecular flexibility index (Phi) is 7.19. The standard InChI is InChI=1S/C22H19ClN2O8/c1-31-17-9-13(8-16-20(27)25(22(30)24-16)10-18(26)32-2)7-15(23)19(17)33-11-12-4-3-5-14(6-12)21(28)29/h3-9H,10-11H2,1-2H3,(H,24,30)(H,28,29)/b16-8+. The van der Waals surface area contributed by atoms with E-state index in [0.29, 0.717) is 11.1 Å². The van der Waals surface area contributed by atoms with Gasteiger partial charge in [0.1, 0.15) is 18.8 Å². The number of carbonyl (C=O) groups is 4. The second kappa shape index (κ2) is 10.0. The zero-order valence-corrected chi connectivity index (χ0v) is 18.3. The zero-order valence-electron chi connectivity index (χ0n) is 17.6. The second-order valence-corrected chi connectivity index (χ2v) is 7.19. The van der Waals surface area contributed by atoms with Crippen molar-refractivity contribution >= 4 is 41.6 Å². The van der Waals surface area contributed by atoms with Crippen LogP contribution in [0.15, 0.2) is 42.1 Å². The Balaban J connectivity index is 1.81. The molecular weight excluding hydrogens is 456 g/mol. The number of carbonyl (C=O) groups excluding carboxylic acids is 3. The van der Waals surface area contributed by atoms with E-state index in [9.17, 15) is 19.2 Å². The Morgan fingerprint density at radius 3 is 2.61 bits per heavy atom. The van der Waals surface area contributed by atoms with Gasteiger partial charge in [-0.15, -0.1) is 0 Å². The van der Waals surface area contributed by atoms with Crippen molar-refractivity contribution in [1.82, 2.24) is 10.2 Å². The zero-order chi connectivity index (χ0) is 24.1. The van der Waals surface area contributed by atoms with E-state index in [1.54, 1.807) is 18.2 Å². The number of aromatic carboxylic acids is 1. The molecule has 33 heavy (non-hydrogen) atoms. The molecule has 3 amide bonds. The van der Waals surface area contributed by atoms with Gasteiger partial charge in [-0.05, 0) is 41.5 Å². The smallest absolute Gasteiger partial charge is 0.335 e. The first kappa shape index (κ1) is 23.6. The van der Waals surface area contributed by atoms with E-state index in [1.165, 1.54) is 31.4 Å². The second-order valence-electron chi connectivity index (χ2n) is 6.78. The summed E-state index contributed by atoms with van der Waals surface area (Å²) in [7, 11) is 2.55. The number of benzene rings is 2. The summed E-state index contributed by atoms with van der Waals surface area (Å²) in [4.78, 5) is 47.7. The molecule has 172 valence electrons. The number of hydrogen-bond donors (Lipinski definition) is 2. The van der Waals surface area contributed by atoms with Gasteiger partial charge in [0.15, 0.2) is 11.5 Å². The molecule has 0 atom stereocenters. The topological polar surface area (TPSA) is 131 Å². The van der Waals surface area contributed by atoms with E-state index in [0.717, 1.165) is 12.0 Å².